The molecule has 0 aliphatic carbocycles. The SMILES string of the molecule is Cn1cc(-c2cnc3[nH]cc(C(=O)c4cccc(NS(=O)(=O)c5cccc(OC(F)(F)F)c5)c4)c3c2)cn1. The Bertz CT molecular complexity index is 1780. The minimum Gasteiger partial charge on any atom is -0.406 e. The lowest BCUT2D eigenvalue weighted by Gasteiger charge is -2.12. The third-order valence-corrected chi connectivity index (χ3v) is 6.92. The Hall–Kier alpha value is -4.65. The molecule has 2 aromatic carbocycles. The Morgan fingerprint density at radius 1 is 1.05 bits per heavy atom. The van der Waals surface area contributed by atoms with Gasteiger partial charge in [0, 0.05) is 65.0 Å². The Balaban J connectivity index is 1.42. The standard InChI is InChI=1S/C25H18F3N5O4S/c1-33-14-17(12-31-33)16-9-21-22(13-30-24(21)29-11-16)23(34)15-4-2-5-18(8-15)32-38(35,36)20-7-3-6-19(10-20)37-25(26,27)28/h2-14,32H,1H3,(H,29,30). The van der Waals surface area contributed by atoms with Gasteiger partial charge in [0.25, 0.3) is 10.0 Å². The molecule has 9 nitrogen and oxygen atoms in total. The number of nitrogens with zero attached hydrogens (tertiary/aromatic N) is 3. The zero-order valence-electron chi connectivity index (χ0n) is 19.5. The van der Waals surface area contributed by atoms with E-state index in [1.807, 2.05) is 12.3 Å². The number of H-pyrrole nitrogens is 1. The van der Waals surface area contributed by atoms with E-state index in [2.05, 4.69) is 24.5 Å². The average Bonchev–Trinajstić information content (AvgIpc) is 3.48. The molecule has 0 aliphatic rings. The first-order valence-corrected chi connectivity index (χ1v) is 12.5. The molecule has 0 unspecified atom stereocenters. The van der Waals surface area contributed by atoms with Gasteiger partial charge in [-0.3, -0.25) is 14.2 Å². The highest BCUT2D eigenvalue weighted by Gasteiger charge is 2.31. The number of hydrogen-bond acceptors (Lipinski definition) is 6. The molecule has 194 valence electrons. The molecule has 38 heavy (non-hydrogen) atoms. The van der Waals surface area contributed by atoms with Crippen LogP contribution in [0, 0.1) is 0 Å². The Labute approximate surface area is 213 Å². The number of pyridine rings is 1. The zero-order valence-corrected chi connectivity index (χ0v) is 20.3. The molecule has 5 aromatic rings. The second-order valence-corrected chi connectivity index (χ2v) is 9.95. The number of alkyl halides is 3. The van der Waals surface area contributed by atoms with Crippen molar-refractivity contribution < 1.29 is 31.1 Å². The lowest BCUT2D eigenvalue weighted by Crippen LogP contribution is -2.18. The van der Waals surface area contributed by atoms with Crippen LogP contribution in [0.1, 0.15) is 15.9 Å². The molecule has 13 heteroatoms. The van der Waals surface area contributed by atoms with Gasteiger partial charge >= 0.3 is 6.36 Å². The molecule has 0 saturated carbocycles. The summed E-state index contributed by atoms with van der Waals surface area (Å²) < 4.78 is 71.0. The molecular weight excluding hydrogens is 523 g/mol. The number of nitrogens with one attached hydrogen (secondary N) is 2. The highest BCUT2D eigenvalue weighted by molar-refractivity contribution is 7.92. The molecular formula is C25H18F3N5O4S. The second kappa shape index (κ2) is 9.34. The summed E-state index contributed by atoms with van der Waals surface area (Å²) in [6.07, 6.45) is 1.71. The fraction of sp³-hybridized carbons (Fsp3) is 0.0800. The summed E-state index contributed by atoms with van der Waals surface area (Å²) in [6, 6.07) is 11.6. The number of halogens is 3. The van der Waals surface area contributed by atoms with E-state index in [-0.39, 0.29) is 17.0 Å². The smallest absolute Gasteiger partial charge is 0.406 e. The summed E-state index contributed by atoms with van der Waals surface area (Å²) in [7, 11) is -2.50. The van der Waals surface area contributed by atoms with Crippen LogP contribution >= 0.6 is 0 Å². The van der Waals surface area contributed by atoms with Crippen molar-refractivity contribution in [2.45, 2.75) is 11.3 Å². The number of carbonyl (C=O) groups is 1. The van der Waals surface area contributed by atoms with Gasteiger partial charge in [-0.25, -0.2) is 13.4 Å². The van der Waals surface area contributed by atoms with E-state index < -0.39 is 27.0 Å². The minimum absolute atomic E-state index is 0.0482. The predicted molar refractivity (Wildman–Crippen MR) is 132 cm³/mol. The molecule has 0 amide bonds. The first-order chi connectivity index (χ1) is 18.0. The topological polar surface area (TPSA) is 119 Å². The van der Waals surface area contributed by atoms with Crippen molar-refractivity contribution in [1.82, 2.24) is 19.7 Å². The maximum atomic E-state index is 13.4. The lowest BCUT2D eigenvalue weighted by atomic mass is 10.0. The number of aromatic nitrogens is 4. The van der Waals surface area contributed by atoms with Crippen LogP contribution in [0.25, 0.3) is 22.2 Å². The molecule has 0 aliphatic heterocycles. The molecule has 0 bridgehead atoms. The Morgan fingerprint density at radius 3 is 2.58 bits per heavy atom. The molecule has 0 radical (unpaired) electrons. The van der Waals surface area contributed by atoms with Gasteiger partial charge in [-0.05, 0) is 30.3 Å². The number of anilines is 1. The fourth-order valence-electron chi connectivity index (χ4n) is 3.85. The fourth-order valence-corrected chi connectivity index (χ4v) is 4.94. The molecule has 2 N–H and O–H groups in total. The number of carbonyl (C=O) groups excluding carboxylic acids is 1. The number of benzene rings is 2. The minimum atomic E-state index is -4.97. The van der Waals surface area contributed by atoms with Gasteiger partial charge in [0.15, 0.2) is 5.78 Å². The lowest BCUT2D eigenvalue weighted by molar-refractivity contribution is -0.274. The van der Waals surface area contributed by atoms with Crippen LogP contribution in [0.15, 0.2) is 84.3 Å². The van der Waals surface area contributed by atoms with Gasteiger partial charge in [-0.2, -0.15) is 5.10 Å². The van der Waals surface area contributed by atoms with Crippen molar-refractivity contribution in [3.8, 4) is 16.9 Å². The van der Waals surface area contributed by atoms with Gasteiger partial charge in [0.1, 0.15) is 11.4 Å². The molecule has 0 fully saturated rings. The van der Waals surface area contributed by atoms with Gasteiger partial charge in [-0.15, -0.1) is 13.2 Å². The normalized spacial score (nSPS) is 12.0. The molecule has 0 spiro atoms. The molecule has 5 rings (SSSR count). The first-order valence-electron chi connectivity index (χ1n) is 11.0. The van der Waals surface area contributed by atoms with Crippen LogP contribution in [0.3, 0.4) is 0 Å². The third kappa shape index (κ3) is 5.22. The number of fused-ring (bicyclic) bond motifs is 1. The summed E-state index contributed by atoms with van der Waals surface area (Å²) in [5.41, 5.74) is 2.65. The van der Waals surface area contributed by atoms with Crippen LogP contribution in [0.4, 0.5) is 18.9 Å². The largest absolute Gasteiger partial charge is 0.573 e. The number of ketones is 1. The van der Waals surface area contributed by atoms with E-state index in [1.54, 1.807) is 24.1 Å². The molecule has 0 atom stereocenters. The molecule has 3 heterocycles. The van der Waals surface area contributed by atoms with Crippen molar-refractivity contribution in [3.63, 3.8) is 0 Å². The van der Waals surface area contributed by atoms with Crippen LogP contribution in [0.5, 0.6) is 5.75 Å². The van der Waals surface area contributed by atoms with E-state index in [4.69, 9.17) is 0 Å². The average molecular weight is 542 g/mol. The Kier molecular flexibility index (Phi) is 6.15. The van der Waals surface area contributed by atoms with Crippen molar-refractivity contribution >= 4 is 32.5 Å². The quantitative estimate of drug-likeness (QED) is 0.283. The summed E-state index contributed by atoms with van der Waals surface area (Å²) in [6.45, 7) is 0. The van der Waals surface area contributed by atoms with Gasteiger partial charge in [0.05, 0.1) is 11.1 Å². The third-order valence-electron chi connectivity index (χ3n) is 5.54. The first kappa shape index (κ1) is 25.0. The van der Waals surface area contributed by atoms with Crippen LogP contribution < -0.4 is 9.46 Å². The van der Waals surface area contributed by atoms with Crippen LogP contribution in [-0.2, 0) is 17.1 Å². The van der Waals surface area contributed by atoms with E-state index in [0.29, 0.717) is 16.6 Å². The summed E-state index contributed by atoms with van der Waals surface area (Å²) >= 11 is 0. The highest BCUT2D eigenvalue weighted by atomic mass is 32.2. The summed E-state index contributed by atoms with van der Waals surface area (Å²) in [5.74, 6) is -1.06. The van der Waals surface area contributed by atoms with Crippen LogP contribution in [-0.4, -0.2) is 40.3 Å². The van der Waals surface area contributed by atoms with Crippen molar-refractivity contribution in [1.29, 1.82) is 0 Å². The second-order valence-electron chi connectivity index (χ2n) is 8.26. The van der Waals surface area contributed by atoms with Crippen LogP contribution in [0.2, 0.25) is 0 Å². The van der Waals surface area contributed by atoms with Crippen molar-refractivity contribution in [2.24, 2.45) is 7.05 Å². The number of aryl methyl sites for hydroxylation is 1. The number of sulfonamides is 1. The van der Waals surface area contributed by atoms with E-state index in [0.717, 1.165) is 35.4 Å². The molecule has 3 aromatic heterocycles. The number of ether oxygens (including phenoxy) is 1. The van der Waals surface area contributed by atoms with Crippen molar-refractivity contribution in [3.05, 3.63) is 90.5 Å². The van der Waals surface area contributed by atoms with Gasteiger partial charge in [0.2, 0.25) is 0 Å². The monoisotopic (exact) mass is 541 g/mol. The molecule has 0 saturated heterocycles. The highest BCUT2D eigenvalue weighted by Crippen LogP contribution is 2.28. The van der Waals surface area contributed by atoms with E-state index >= 15 is 0 Å². The predicted octanol–water partition coefficient (Wildman–Crippen LogP) is 4.89. The maximum Gasteiger partial charge on any atom is 0.573 e. The Morgan fingerprint density at radius 2 is 1.84 bits per heavy atom. The number of hydrogen-bond donors (Lipinski definition) is 2. The maximum absolute atomic E-state index is 13.4. The summed E-state index contributed by atoms with van der Waals surface area (Å²) in [4.78, 5) is 20.3. The van der Waals surface area contributed by atoms with Crippen molar-refractivity contribution in [2.75, 3.05) is 4.72 Å². The number of aromatic amines is 1. The van der Waals surface area contributed by atoms with Gasteiger partial charge in [-0.1, -0.05) is 18.2 Å². The van der Waals surface area contributed by atoms with E-state index in [9.17, 15) is 26.4 Å². The van der Waals surface area contributed by atoms with Gasteiger partial charge < -0.3 is 9.72 Å². The number of rotatable bonds is 7. The summed E-state index contributed by atoms with van der Waals surface area (Å²) in [5, 5.41) is 4.72. The van der Waals surface area contributed by atoms with E-state index in [1.165, 1.54) is 30.5 Å². The zero-order chi connectivity index (χ0) is 27.1.